The average molecular weight is 476 g/mol. The van der Waals surface area contributed by atoms with Crippen molar-refractivity contribution < 1.29 is 17.9 Å². The van der Waals surface area contributed by atoms with Gasteiger partial charge in [-0.25, -0.2) is 4.98 Å². The van der Waals surface area contributed by atoms with E-state index in [1.807, 2.05) is 27.7 Å². The summed E-state index contributed by atoms with van der Waals surface area (Å²) in [6, 6.07) is 5.46. The zero-order valence-electron chi connectivity index (χ0n) is 20.6. The first kappa shape index (κ1) is 25.7. The van der Waals surface area contributed by atoms with Gasteiger partial charge in [0.25, 0.3) is 5.56 Å². The fraction of sp³-hybridized carbons (Fsp3) is 0.462. The molecular formula is C26H32F3N3O2. The Kier molecular flexibility index (Phi) is 7.70. The smallest absolute Gasteiger partial charge is 0.378 e. The molecule has 1 aromatic carbocycles. The summed E-state index contributed by atoms with van der Waals surface area (Å²) < 4.78 is 45.2. The summed E-state index contributed by atoms with van der Waals surface area (Å²) in [5.74, 6) is 0.532. The highest BCUT2D eigenvalue weighted by molar-refractivity contribution is 5.66. The molecule has 0 saturated heterocycles. The van der Waals surface area contributed by atoms with Gasteiger partial charge in [0, 0.05) is 32.0 Å². The fourth-order valence-corrected chi connectivity index (χ4v) is 4.53. The molecule has 3 rings (SSSR count). The summed E-state index contributed by atoms with van der Waals surface area (Å²) in [5.41, 5.74) is 5.12. The molecule has 2 heterocycles. The molecule has 0 saturated carbocycles. The lowest BCUT2D eigenvalue weighted by atomic mass is 9.88. The van der Waals surface area contributed by atoms with Crippen LogP contribution >= 0.6 is 0 Å². The number of hydrogen-bond donors (Lipinski definition) is 1. The Hall–Kier alpha value is -2.87. The summed E-state index contributed by atoms with van der Waals surface area (Å²) in [7, 11) is 1.54. The first-order valence-corrected chi connectivity index (χ1v) is 11.4. The second kappa shape index (κ2) is 10.2. The number of hydrogen-bond acceptors (Lipinski definition) is 4. The van der Waals surface area contributed by atoms with E-state index in [0.717, 1.165) is 34.4 Å². The van der Waals surface area contributed by atoms with Crippen LogP contribution in [-0.4, -0.2) is 28.5 Å². The molecule has 0 aliphatic carbocycles. The summed E-state index contributed by atoms with van der Waals surface area (Å²) in [5, 5.41) is 0. The van der Waals surface area contributed by atoms with Crippen molar-refractivity contribution in [3.63, 3.8) is 0 Å². The molecule has 1 aliphatic heterocycles. The predicted molar refractivity (Wildman–Crippen MR) is 127 cm³/mol. The van der Waals surface area contributed by atoms with Crippen LogP contribution in [0.1, 0.15) is 75.2 Å². The molecule has 34 heavy (non-hydrogen) atoms. The van der Waals surface area contributed by atoms with E-state index in [0.29, 0.717) is 30.2 Å². The molecule has 0 fully saturated rings. The predicted octanol–water partition coefficient (Wildman–Crippen LogP) is 6.03. The lowest BCUT2D eigenvalue weighted by molar-refractivity contribution is -0.137. The highest BCUT2D eigenvalue weighted by Crippen LogP contribution is 2.38. The highest BCUT2D eigenvalue weighted by atomic mass is 19.4. The van der Waals surface area contributed by atoms with Crippen LogP contribution in [0.15, 0.2) is 45.9 Å². The van der Waals surface area contributed by atoms with Crippen molar-refractivity contribution in [2.75, 3.05) is 13.7 Å². The van der Waals surface area contributed by atoms with E-state index in [9.17, 15) is 18.0 Å². The minimum atomic E-state index is -4.38. The lowest BCUT2D eigenvalue weighted by Crippen LogP contribution is -2.33. The molecular weight excluding hydrogens is 443 g/mol. The number of ether oxygens (including phenoxy) is 1. The van der Waals surface area contributed by atoms with Gasteiger partial charge < -0.3 is 14.6 Å². The normalized spacial score (nSPS) is 17.8. The average Bonchev–Trinajstić information content (AvgIpc) is 2.77. The second-order valence-electron chi connectivity index (χ2n) is 8.94. The van der Waals surface area contributed by atoms with Crippen molar-refractivity contribution in [2.24, 2.45) is 0 Å². The number of fused-ring (bicyclic) bond motifs is 1. The van der Waals surface area contributed by atoms with Gasteiger partial charge in [-0.1, -0.05) is 19.9 Å². The van der Waals surface area contributed by atoms with Gasteiger partial charge in [0.15, 0.2) is 0 Å². The number of aromatic amines is 1. The molecule has 1 unspecified atom stereocenters. The maximum Gasteiger partial charge on any atom is 0.416 e. The number of methoxy groups -OCH3 is 1. The van der Waals surface area contributed by atoms with E-state index >= 15 is 0 Å². The van der Waals surface area contributed by atoms with Crippen LogP contribution in [0, 0.1) is 0 Å². The zero-order valence-corrected chi connectivity index (χ0v) is 20.6. The highest BCUT2D eigenvalue weighted by Gasteiger charge is 2.33. The summed E-state index contributed by atoms with van der Waals surface area (Å²) >= 11 is 0. The quantitative estimate of drug-likeness (QED) is 0.518. The number of alkyl halides is 3. The molecule has 1 aromatic heterocycles. The number of allylic oxidation sites excluding steroid dienone is 3. The molecule has 0 bridgehead atoms. The molecule has 0 spiro atoms. The second-order valence-corrected chi connectivity index (χ2v) is 8.94. The van der Waals surface area contributed by atoms with Crippen LogP contribution in [0.5, 0.6) is 0 Å². The Balaban J connectivity index is 2.08. The van der Waals surface area contributed by atoms with Crippen LogP contribution in [0.3, 0.4) is 0 Å². The fourth-order valence-electron chi connectivity index (χ4n) is 4.53. The van der Waals surface area contributed by atoms with Crippen molar-refractivity contribution in [2.45, 2.75) is 66.3 Å². The minimum Gasteiger partial charge on any atom is -0.378 e. The van der Waals surface area contributed by atoms with Gasteiger partial charge in [-0.3, -0.25) is 4.79 Å². The maximum absolute atomic E-state index is 13.4. The Labute approximate surface area is 198 Å². The van der Waals surface area contributed by atoms with Crippen LogP contribution < -0.4 is 5.56 Å². The zero-order chi connectivity index (χ0) is 25.2. The standard InChI is InChI=1S/C26H32F3N3O2/c1-7-15(2)24(17(4)18(5)25-30-21(14-34-6)11-23(33)31-25)32-12-16(3)22-9-8-20(26(27,28)29)10-19(22)13-32/h8-11,16H,7,12-14H2,1-6H3,(H,30,31,33)/b18-17-,24-15-. The Morgan fingerprint density at radius 1 is 1.24 bits per heavy atom. The molecule has 0 amide bonds. The summed E-state index contributed by atoms with van der Waals surface area (Å²) in [4.78, 5) is 21.7. The van der Waals surface area contributed by atoms with Gasteiger partial charge in [-0.2, -0.15) is 13.2 Å². The number of benzene rings is 1. The SMILES string of the molecule is CC/C(C)=C(/C(C)=C(/C)c1nc(COC)cc(=O)[nH]1)N1Cc2cc(C(F)(F)F)ccc2C(C)C1. The third-order valence-electron chi connectivity index (χ3n) is 6.47. The van der Waals surface area contributed by atoms with Crippen molar-refractivity contribution in [1.82, 2.24) is 14.9 Å². The van der Waals surface area contributed by atoms with Crippen LogP contribution in [0.25, 0.3) is 5.57 Å². The number of aromatic nitrogens is 2. The van der Waals surface area contributed by atoms with E-state index in [2.05, 4.69) is 21.8 Å². The summed E-state index contributed by atoms with van der Waals surface area (Å²) in [6.07, 6.45) is -3.59. The monoisotopic (exact) mass is 475 g/mol. The van der Waals surface area contributed by atoms with E-state index in [1.165, 1.54) is 18.2 Å². The maximum atomic E-state index is 13.4. The van der Waals surface area contributed by atoms with Gasteiger partial charge >= 0.3 is 6.18 Å². The topological polar surface area (TPSA) is 58.2 Å². The minimum absolute atomic E-state index is 0.0711. The van der Waals surface area contributed by atoms with Crippen molar-refractivity contribution >= 4 is 5.57 Å². The summed E-state index contributed by atoms with van der Waals surface area (Å²) in [6.45, 7) is 11.3. The lowest BCUT2D eigenvalue weighted by Gasteiger charge is -2.38. The van der Waals surface area contributed by atoms with Crippen molar-refractivity contribution in [3.05, 3.63) is 79.7 Å². The van der Waals surface area contributed by atoms with Crippen molar-refractivity contribution in [3.8, 4) is 0 Å². The van der Waals surface area contributed by atoms with E-state index < -0.39 is 11.7 Å². The Bertz CT molecular complexity index is 1180. The number of rotatable bonds is 6. The van der Waals surface area contributed by atoms with Crippen LogP contribution in [-0.2, 0) is 24.1 Å². The molecule has 8 heteroatoms. The number of H-pyrrole nitrogens is 1. The van der Waals surface area contributed by atoms with Crippen LogP contribution in [0.4, 0.5) is 13.2 Å². The van der Waals surface area contributed by atoms with Gasteiger partial charge in [0.05, 0.1) is 17.9 Å². The molecule has 1 aliphatic rings. The number of nitrogens with one attached hydrogen (secondary N) is 1. The van der Waals surface area contributed by atoms with Gasteiger partial charge in [-0.15, -0.1) is 0 Å². The third-order valence-corrected chi connectivity index (χ3v) is 6.47. The number of nitrogens with zero attached hydrogens (tertiary/aromatic N) is 2. The van der Waals surface area contributed by atoms with E-state index in [1.54, 1.807) is 13.2 Å². The number of halogens is 3. The molecule has 0 radical (unpaired) electrons. The largest absolute Gasteiger partial charge is 0.416 e. The van der Waals surface area contributed by atoms with Crippen LogP contribution in [0.2, 0.25) is 0 Å². The van der Waals surface area contributed by atoms with Gasteiger partial charge in [0.1, 0.15) is 5.82 Å². The van der Waals surface area contributed by atoms with Gasteiger partial charge in [-0.05, 0) is 73.1 Å². The first-order chi connectivity index (χ1) is 16.0. The Morgan fingerprint density at radius 3 is 2.56 bits per heavy atom. The third kappa shape index (κ3) is 5.43. The van der Waals surface area contributed by atoms with Gasteiger partial charge in [0.2, 0.25) is 0 Å². The van der Waals surface area contributed by atoms with E-state index in [-0.39, 0.29) is 18.1 Å². The van der Waals surface area contributed by atoms with E-state index in [4.69, 9.17) is 4.74 Å². The molecule has 1 N–H and O–H groups in total. The first-order valence-electron chi connectivity index (χ1n) is 11.4. The Morgan fingerprint density at radius 2 is 1.94 bits per heavy atom. The molecule has 2 aromatic rings. The molecule has 1 atom stereocenters. The molecule has 5 nitrogen and oxygen atoms in total. The van der Waals surface area contributed by atoms with Crippen molar-refractivity contribution in [1.29, 1.82) is 0 Å². The molecule has 184 valence electrons.